The normalized spacial score (nSPS) is 11.4. The van der Waals surface area contributed by atoms with Gasteiger partial charge in [0.2, 0.25) is 0 Å². The van der Waals surface area contributed by atoms with Gasteiger partial charge in [-0.15, -0.1) is 0 Å². The third-order valence-electron chi connectivity index (χ3n) is 2.18. The van der Waals surface area contributed by atoms with Gasteiger partial charge in [0.15, 0.2) is 0 Å². The summed E-state index contributed by atoms with van der Waals surface area (Å²) in [5.74, 6) is -0.297. The molecular formula is C12H25NO4. The zero-order valence-electron chi connectivity index (χ0n) is 11.1. The van der Waals surface area contributed by atoms with Crippen molar-refractivity contribution in [2.45, 2.75) is 20.3 Å². The third-order valence-corrected chi connectivity index (χ3v) is 2.18. The maximum absolute atomic E-state index is 10.7. The van der Waals surface area contributed by atoms with Gasteiger partial charge in [-0.1, -0.05) is 13.8 Å². The number of hydrogen-bond acceptors (Lipinski definition) is 4. The number of carboxylic acid groups (broad SMARTS) is 1. The Morgan fingerprint density at radius 2 is 2.00 bits per heavy atom. The molecule has 0 heterocycles. The number of nitrogens with zero attached hydrogens (tertiary/aromatic N) is 1. The largest absolute Gasteiger partial charge is 0.480 e. The highest BCUT2D eigenvalue weighted by atomic mass is 16.5. The zero-order valence-corrected chi connectivity index (χ0v) is 11.1. The summed E-state index contributed by atoms with van der Waals surface area (Å²) in [6.07, 6.45) is 0.851. The molecule has 17 heavy (non-hydrogen) atoms. The quantitative estimate of drug-likeness (QED) is 0.554. The molecule has 0 aliphatic rings. The fraction of sp³-hybridized carbons (Fsp3) is 0.917. The molecule has 0 unspecified atom stereocenters. The number of methoxy groups -OCH3 is 1. The second kappa shape index (κ2) is 10.5. The molecular weight excluding hydrogens is 222 g/mol. The molecule has 0 fully saturated rings. The minimum atomic E-state index is -0.772. The predicted molar refractivity (Wildman–Crippen MR) is 66.2 cm³/mol. The molecule has 0 aromatic heterocycles. The number of rotatable bonds is 11. The molecule has 0 radical (unpaired) electrons. The van der Waals surface area contributed by atoms with Gasteiger partial charge in [0.25, 0.3) is 0 Å². The van der Waals surface area contributed by atoms with Gasteiger partial charge in [-0.05, 0) is 12.3 Å². The van der Waals surface area contributed by atoms with Crippen molar-refractivity contribution in [2.75, 3.05) is 46.6 Å². The van der Waals surface area contributed by atoms with E-state index in [1.807, 2.05) is 4.90 Å². The van der Waals surface area contributed by atoms with Gasteiger partial charge in [-0.3, -0.25) is 9.69 Å². The molecule has 0 rings (SSSR count). The van der Waals surface area contributed by atoms with Crippen molar-refractivity contribution in [3.05, 3.63) is 0 Å². The van der Waals surface area contributed by atoms with E-state index in [0.29, 0.717) is 25.7 Å². The van der Waals surface area contributed by atoms with Crippen LogP contribution in [0.2, 0.25) is 0 Å². The van der Waals surface area contributed by atoms with Crippen LogP contribution in [0, 0.1) is 5.92 Å². The van der Waals surface area contributed by atoms with Crippen LogP contribution in [-0.2, 0) is 14.3 Å². The molecule has 5 heteroatoms. The number of ether oxygens (including phenoxy) is 2. The average Bonchev–Trinajstić information content (AvgIpc) is 2.21. The third kappa shape index (κ3) is 11.6. The Hall–Kier alpha value is -0.650. The highest BCUT2D eigenvalue weighted by Gasteiger charge is 2.10. The number of hydrogen-bond donors (Lipinski definition) is 1. The standard InChI is InChI=1S/C12H25NO4/c1-11(2)9-13(10-12(14)15)5-4-6-17-8-7-16-3/h11H,4-10H2,1-3H3,(H,14,15). The van der Waals surface area contributed by atoms with Gasteiger partial charge in [-0.2, -0.15) is 0 Å². The summed E-state index contributed by atoms with van der Waals surface area (Å²) < 4.78 is 10.2. The second-order valence-corrected chi connectivity index (χ2v) is 4.48. The maximum atomic E-state index is 10.7. The van der Waals surface area contributed by atoms with Crippen LogP contribution >= 0.6 is 0 Å². The predicted octanol–water partition coefficient (Wildman–Crippen LogP) is 1.08. The smallest absolute Gasteiger partial charge is 0.317 e. The first-order chi connectivity index (χ1) is 8.06. The Labute approximate surface area is 104 Å². The maximum Gasteiger partial charge on any atom is 0.317 e. The summed E-state index contributed by atoms with van der Waals surface area (Å²) in [7, 11) is 1.64. The van der Waals surface area contributed by atoms with Gasteiger partial charge >= 0.3 is 5.97 Å². The van der Waals surface area contributed by atoms with Crippen LogP contribution in [0.5, 0.6) is 0 Å². The Balaban J connectivity index is 3.64. The van der Waals surface area contributed by atoms with E-state index in [0.717, 1.165) is 19.5 Å². The van der Waals surface area contributed by atoms with Gasteiger partial charge in [0, 0.05) is 26.8 Å². The lowest BCUT2D eigenvalue weighted by atomic mass is 10.2. The molecule has 0 saturated carbocycles. The Bertz CT molecular complexity index is 197. The van der Waals surface area contributed by atoms with E-state index < -0.39 is 5.97 Å². The first-order valence-electron chi connectivity index (χ1n) is 6.07. The van der Waals surface area contributed by atoms with Gasteiger partial charge in [-0.25, -0.2) is 0 Å². The summed E-state index contributed by atoms with van der Waals surface area (Å²) >= 11 is 0. The highest BCUT2D eigenvalue weighted by molar-refractivity contribution is 5.69. The summed E-state index contributed by atoms with van der Waals surface area (Å²) in [6, 6.07) is 0. The van der Waals surface area contributed by atoms with Crippen molar-refractivity contribution < 1.29 is 19.4 Å². The monoisotopic (exact) mass is 247 g/mol. The van der Waals surface area contributed by atoms with Crippen LogP contribution in [-0.4, -0.2) is 62.5 Å². The van der Waals surface area contributed by atoms with E-state index in [-0.39, 0.29) is 6.54 Å². The van der Waals surface area contributed by atoms with E-state index >= 15 is 0 Å². The van der Waals surface area contributed by atoms with E-state index in [2.05, 4.69) is 13.8 Å². The SMILES string of the molecule is COCCOCCCN(CC(=O)O)CC(C)C. The molecule has 0 atom stereocenters. The lowest BCUT2D eigenvalue weighted by molar-refractivity contribution is -0.138. The lowest BCUT2D eigenvalue weighted by Crippen LogP contribution is -2.34. The fourth-order valence-corrected chi connectivity index (χ4v) is 1.58. The number of carboxylic acids is 1. The van der Waals surface area contributed by atoms with Crippen LogP contribution in [0.4, 0.5) is 0 Å². The Morgan fingerprint density at radius 1 is 1.29 bits per heavy atom. The first-order valence-corrected chi connectivity index (χ1v) is 6.07. The van der Waals surface area contributed by atoms with E-state index in [1.54, 1.807) is 7.11 Å². The molecule has 0 bridgehead atoms. The summed E-state index contributed by atoms with van der Waals surface area (Å²) in [4.78, 5) is 12.6. The molecule has 0 aliphatic heterocycles. The van der Waals surface area contributed by atoms with Crippen LogP contribution in [0.25, 0.3) is 0 Å². The molecule has 0 aromatic rings. The number of aliphatic carboxylic acids is 1. The second-order valence-electron chi connectivity index (χ2n) is 4.48. The topological polar surface area (TPSA) is 59.0 Å². The van der Waals surface area contributed by atoms with Crippen molar-refractivity contribution >= 4 is 5.97 Å². The molecule has 0 aromatic carbocycles. The molecule has 102 valence electrons. The van der Waals surface area contributed by atoms with E-state index in [1.165, 1.54) is 0 Å². The van der Waals surface area contributed by atoms with Gasteiger partial charge in [0.05, 0.1) is 19.8 Å². The Kier molecular flexibility index (Phi) is 10.1. The average molecular weight is 247 g/mol. The van der Waals surface area contributed by atoms with Crippen molar-refractivity contribution in [3.63, 3.8) is 0 Å². The first kappa shape index (κ1) is 16.4. The molecule has 5 nitrogen and oxygen atoms in total. The lowest BCUT2D eigenvalue weighted by Gasteiger charge is -2.22. The fourth-order valence-electron chi connectivity index (χ4n) is 1.58. The minimum absolute atomic E-state index is 0.107. The number of carbonyl (C=O) groups is 1. The van der Waals surface area contributed by atoms with Crippen LogP contribution in [0.3, 0.4) is 0 Å². The van der Waals surface area contributed by atoms with Crippen molar-refractivity contribution in [1.29, 1.82) is 0 Å². The van der Waals surface area contributed by atoms with Crippen LogP contribution in [0.1, 0.15) is 20.3 Å². The van der Waals surface area contributed by atoms with Crippen LogP contribution < -0.4 is 0 Å². The summed E-state index contributed by atoms with van der Waals surface area (Å²) in [5, 5.41) is 8.78. The van der Waals surface area contributed by atoms with Crippen LogP contribution in [0.15, 0.2) is 0 Å². The zero-order chi connectivity index (χ0) is 13.1. The minimum Gasteiger partial charge on any atom is -0.480 e. The molecule has 0 saturated heterocycles. The van der Waals surface area contributed by atoms with Crippen molar-refractivity contribution in [2.24, 2.45) is 5.92 Å². The molecule has 1 N–H and O–H groups in total. The summed E-state index contributed by atoms with van der Waals surface area (Å²) in [6.45, 7) is 7.70. The van der Waals surface area contributed by atoms with E-state index in [4.69, 9.17) is 14.6 Å². The van der Waals surface area contributed by atoms with Gasteiger partial charge < -0.3 is 14.6 Å². The van der Waals surface area contributed by atoms with Crippen molar-refractivity contribution in [1.82, 2.24) is 4.90 Å². The molecule has 0 amide bonds. The highest BCUT2D eigenvalue weighted by Crippen LogP contribution is 2.00. The molecule has 0 aliphatic carbocycles. The Morgan fingerprint density at radius 3 is 2.53 bits per heavy atom. The van der Waals surface area contributed by atoms with Crippen molar-refractivity contribution in [3.8, 4) is 0 Å². The van der Waals surface area contributed by atoms with Gasteiger partial charge in [0.1, 0.15) is 0 Å². The van der Waals surface area contributed by atoms with E-state index in [9.17, 15) is 4.79 Å². The molecule has 0 spiro atoms. The summed E-state index contributed by atoms with van der Waals surface area (Å²) in [5.41, 5.74) is 0.